The lowest BCUT2D eigenvalue weighted by Gasteiger charge is -2.09. The van der Waals surface area contributed by atoms with Gasteiger partial charge in [-0.2, -0.15) is 0 Å². The first-order valence-corrected chi connectivity index (χ1v) is 11.5. The maximum Gasteiger partial charge on any atom is 0.251 e. The molecule has 0 radical (unpaired) electrons. The molecule has 30 heavy (non-hydrogen) atoms. The molecule has 0 aliphatic heterocycles. The molecule has 0 unspecified atom stereocenters. The van der Waals surface area contributed by atoms with E-state index in [1.54, 1.807) is 29.8 Å². The highest BCUT2D eigenvalue weighted by molar-refractivity contribution is 7.10. The summed E-state index contributed by atoms with van der Waals surface area (Å²) >= 11 is 3.33. The maximum absolute atomic E-state index is 12.7. The van der Waals surface area contributed by atoms with E-state index in [0.29, 0.717) is 13.0 Å². The van der Waals surface area contributed by atoms with Gasteiger partial charge in [0.15, 0.2) is 0 Å². The lowest BCUT2D eigenvalue weighted by Crippen LogP contribution is -2.26. The first kappa shape index (κ1) is 20.3. The minimum absolute atomic E-state index is 0.0332. The predicted octanol–water partition coefficient (Wildman–Crippen LogP) is 5.44. The number of aromatic nitrogens is 1. The van der Waals surface area contributed by atoms with Crippen LogP contribution in [0.1, 0.15) is 25.8 Å². The van der Waals surface area contributed by atoms with E-state index in [0.717, 1.165) is 39.6 Å². The minimum atomic E-state index is -0.0332. The Kier molecular flexibility index (Phi) is 6.57. The summed E-state index contributed by atoms with van der Waals surface area (Å²) in [7, 11) is 1.66. The number of hydrogen-bond donors (Lipinski definition) is 1. The van der Waals surface area contributed by atoms with E-state index < -0.39 is 0 Å². The topological polar surface area (TPSA) is 51.2 Å². The van der Waals surface area contributed by atoms with Crippen LogP contribution >= 0.6 is 22.7 Å². The van der Waals surface area contributed by atoms with Crippen molar-refractivity contribution in [3.63, 3.8) is 0 Å². The molecule has 4 rings (SSSR count). The summed E-state index contributed by atoms with van der Waals surface area (Å²) in [5.41, 5.74) is 3.80. The van der Waals surface area contributed by atoms with Crippen molar-refractivity contribution in [2.75, 3.05) is 13.7 Å². The fourth-order valence-electron chi connectivity index (χ4n) is 3.20. The summed E-state index contributed by atoms with van der Waals surface area (Å²) in [4.78, 5) is 18.7. The molecular weight excluding hydrogens is 412 g/mol. The molecule has 0 aliphatic rings. The van der Waals surface area contributed by atoms with E-state index >= 15 is 0 Å². The van der Waals surface area contributed by atoms with Crippen LogP contribution in [0.25, 0.3) is 11.3 Å². The van der Waals surface area contributed by atoms with Crippen LogP contribution in [0.4, 0.5) is 0 Å². The molecule has 0 aliphatic carbocycles. The van der Waals surface area contributed by atoms with E-state index in [9.17, 15) is 4.79 Å². The van der Waals surface area contributed by atoms with Crippen LogP contribution < -0.4 is 10.1 Å². The molecule has 1 N–H and O–H groups in total. The second-order valence-corrected chi connectivity index (χ2v) is 8.75. The van der Waals surface area contributed by atoms with Gasteiger partial charge < -0.3 is 10.1 Å². The molecule has 2 heterocycles. The molecule has 2 aromatic heterocycles. The average molecular weight is 435 g/mol. The van der Waals surface area contributed by atoms with Gasteiger partial charge in [-0.1, -0.05) is 24.3 Å². The Morgan fingerprint density at radius 2 is 1.87 bits per heavy atom. The number of nitrogens with zero attached hydrogens (tertiary/aromatic N) is 1. The third-order valence-electron chi connectivity index (χ3n) is 4.77. The monoisotopic (exact) mass is 434 g/mol. The second-order valence-electron chi connectivity index (χ2n) is 6.77. The molecule has 2 aromatic carbocycles. The Morgan fingerprint density at radius 3 is 2.63 bits per heavy atom. The van der Waals surface area contributed by atoms with Crippen molar-refractivity contribution in [3.8, 4) is 17.0 Å². The second kappa shape index (κ2) is 9.69. The molecule has 0 saturated heterocycles. The highest BCUT2D eigenvalue weighted by Gasteiger charge is 2.12. The molecule has 0 bridgehead atoms. The summed E-state index contributed by atoms with van der Waals surface area (Å²) in [6, 6.07) is 19.8. The normalized spacial score (nSPS) is 10.7. The van der Waals surface area contributed by atoms with Crippen LogP contribution in [0.3, 0.4) is 0 Å². The van der Waals surface area contributed by atoms with Crippen LogP contribution in [-0.2, 0) is 12.8 Å². The highest BCUT2D eigenvalue weighted by atomic mass is 32.1. The van der Waals surface area contributed by atoms with Gasteiger partial charge in [0.25, 0.3) is 5.91 Å². The van der Waals surface area contributed by atoms with Crippen LogP contribution in [0.15, 0.2) is 71.4 Å². The Hall–Kier alpha value is -2.96. The van der Waals surface area contributed by atoms with E-state index in [2.05, 4.69) is 22.1 Å². The zero-order valence-corrected chi connectivity index (χ0v) is 18.3. The van der Waals surface area contributed by atoms with Crippen molar-refractivity contribution in [3.05, 3.63) is 92.4 Å². The number of methoxy groups -OCH3 is 1. The van der Waals surface area contributed by atoms with Crippen LogP contribution in [0, 0.1) is 0 Å². The van der Waals surface area contributed by atoms with Gasteiger partial charge in [0.1, 0.15) is 5.75 Å². The van der Waals surface area contributed by atoms with Crippen molar-refractivity contribution >= 4 is 28.6 Å². The van der Waals surface area contributed by atoms with Gasteiger partial charge in [0.05, 0.1) is 17.8 Å². The average Bonchev–Trinajstić information content (AvgIpc) is 3.46. The molecule has 0 fully saturated rings. The van der Waals surface area contributed by atoms with Crippen molar-refractivity contribution in [1.29, 1.82) is 0 Å². The molecule has 1 amide bonds. The quantitative estimate of drug-likeness (QED) is 0.402. The zero-order chi connectivity index (χ0) is 20.8. The zero-order valence-electron chi connectivity index (χ0n) is 16.6. The number of thiophene rings is 1. The largest absolute Gasteiger partial charge is 0.497 e. The van der Waals surface area contributed by atoms with Gasteiger partial charge >= 0.3 is 0 Å². The first-order valence-electron chi connectivity index (χ1n) is 9.70. The van der Waals surface area contributed by atoms with E-state index in [-0.39, 0.29) is 5.91 Å². The molecule has 0 spiro atoms. The van der Waals surface area contributed by atoms with Crippen LogP contribution in [-0.4, -0.2) is 24.5 Å². The van der Waals surface area contributed by atoms with Gasteiger partial charge in [-0.05, 0) is 47.3 Å². The first-order chi connectivity index (χ1) is 14.7. The van der Waals surface area contributed by atoms with E-state index in [1.165, 1.54) is 4.88 Å². The van der Waals surface area contributed by atoms with Crippen molar-refractivity contribution in [2.45, 2.75) is 12.8 Å². The number of nitrogens with one attached hydrogen (secondary N) is 1. The fraction of sp³-hybridized carbons (Fsp3) is 0.167. The number of rotatable bonds is 8. The number of benzene rings is 2. The fourth-order valence-corrected chi connectivity index (χ4v) is 4.73. The number of thiazole rings is 1. The Morgan fingerprint density at radius 1 is 1.03 bits per heavy atom. The number of hydrogen-bond acceptors (Lipinski definition) is 5. The van der Waals surface area contributed by atoms with Gasteiger partial charge in [-0.15, -0.1) is 22.7 Å². The summed E-state index contributed by atoms with van der Waals surface area (Å²) < 4.78 is 5.20. The molecule has 6 heteroatoms. The summed E-state index contributed by atoms with van der Waals surface area (Å²) in [6.07, 6.45) is 1.48. The van der Waals surface area contributed by atoms with Crippen molar-refractivity contribution < 1.29 is 9.53 Å². The van der Waals surface area contributed by atoms with Gasteiger partial charge in [0, 0.05) is 40.8 Å². The number of carbonyl (C=O) groups excluding carboxylic acids is 1. The van der Waals surface area contributed by atoms with E-state index in [1.807, 2.05) is 54.6 Å². The summed E-state index contributed by atoms with van der Waals surface area (Å²) in [6.45, 7) is 0.557. The number of carbonyl (C=O) groups is 1. The molecular formula is C24H22N2O2S2. The molecule has 4 nitrogen and oxygen atoms in total. The minimum Gasteiger partial charge on any atom is -0.497 e. The SMILES string of the molecule is COc1ccc(-c2csc(CCNC(=O)c3ccccc3Cc3cccs3)n2)cc1. The maximum atomic E-state index is 12.7. The molecule has 4 aromatic rings. The smallest absolute Gasteiger partial charge is 0.251 e. The van der Waals surface area contributed by atoms with Gasteiger partial charge in [0.2, 0.25) is 0 Å². The van der Waals surface area contributed by atoms with Crippen molar-refractivity contribution in [2.24, 2.45) is 0 Å². The third kappa shape index (κ3) is 4.96. The van der Waals surface area contributed by atoms with Crippen LogP contribution in [0.5, 0.6) is 5.75 Å². The van der Waals surface area contributed by atoms with Crippen molar-refractivity contribution in [1.82, 2.24) is 10.3 Å². The Labute approximate surface area is 184 Å². The number of ether oxygens (including phenoxy) is 1. The standard InChI is InChI=1S/C24H22N2O2S2/c1-28-19-10-8-17(9-11-19)22-16-30-23(26-22)12-13-25-24(27)21-7-3-2-5-18(21)15-20-6-4-14-29-20/h2-11,14,16H,12-13,15H2,1H3,(H,25,27). The Balaban J connectivity index is 1.35. The molecule has 0 atom stereocenters. The predicted molar refractivity (Wildman–Crippen MR) is 124 cm³/mol. The Bertz CT molecular complexity index is 1100. The van der Waals surface area contributed by atoms with Crippen LogP contribution in [0.2, 0.25) is 0 Å². The van der Waals surface area contributed by atoms with Gasteiger partial charge in [-0.25, -0.2) is 4.98 Å². The summed E-state index contributed by atoms with van der Waals surface area (Å²) in [5.74, 6) is 0.797. The lowest BCUT2D eigenvalue weighted by atomic mass is 10.0. The van der Waals surface area contributed by atoms with Gasteiger partial charge in [-0.3, -0.25) is 4.79 Å². The molecule has 152 valence electrons. The van der Waals surface area contributed by atoms with E-state index in [4.69, 9.17) is 9.72 Å². The highest BCUT2D eigenvalue weighted by Crippen LogP contribution is 2.24. The number of amides is 1. The molecule has 0 saturated carbocycles. The lowest BCUT2D eigenvalue weighted by molar-refractivity contribution is 0.0953. The summed E-state index contributed by atoms with van der Waals surface area (Å²) in [5, 5.41) is 8.17. The third-order valence-corrected chi connectivity index (χ3v) is 6.55.